The minimum atomic E-state index is -0.712. The maximum atomic E-state index is 10.4. The molecule has 2 N–H and O–H groups in total. The van der Waals surface area contributed by atoms with Crippen molar-refractivity contribution in [1.29, 1.82) is 0 Å². The summed E-state index contributed by atoms with van der Waals surface area (Å²) >= 11 is 0. The highest BCUT2D eigenvalue weighted by Crippen LogP contribution is 2.22. The van der Waals surface area contributed by atoms with E-state index in [1.54, 1.807) is 0 Å². The normalized spacial score (nSPS) is 14.1. The van der Waals surface area contributed by atoms with Crippen molar-refractivity contribution in [3.63, 3.8) is 0 Å². The highest BCUT2D eigenvalue weighted by atomic mass is 16.4. The van der Waals surface area contributed by atoms with Gasteiger partial charge in [-0.2, -0.15) is 0 Å². The summed E-state index contributed by atoms with van der Waals surface area (Å²) in [5.74, 6) is -0.712. The van der Waals surface area contributed by atoms with Crippen molar-refractivity contribution in [2.75, 3.05) is 13.1 Å². The fraction of sp³-hybridized carbons (Fsp3) is 0.562. The van der Waals surface area contributed by atoms with Gasteiger partial charge in [-0.25, -0.2) is 0 Å². The molecule has 19 heavy (non-hydrogen) atoms. The molecule has 104 valence electrons. The molecular weight excluding hydrogens is 238 g/mol. The molecule has 0 heterocycles. The molecule has 3 nitrogen and oxygen atoms in total. The summed E-state index contributed by atoms with van der Waals surface area (Å²) in [5.41, 5.74) is 4.46. The van der Waals surface area contributed by atoms with Crippen LogP contribution in [0.25, 0.3) is 0 Å². The summed E-state index contributed by atoms with van der Waals surface area (Å²) in [4.78, 5) is 10.4. The second-order valence-electron chi connectivity index (χ2n) is 5.31. The molecule has 0 bridgehead atoms. The van der Waals surface area contributed by atoms with Gasteiger partial charge in [0.15, 0.2) is 0 Å². The lowest BCUT2D eigenvalue weighted by Gasteiger charge is -2.16. The van der Waals surface area contributed by atoms with Crippen LogP contribution in [0.5, 0.6) is 0 Å². The lowest BCUT2D eigenvalue weighted by atomic mass is 9.90. The first-order chi connectivity index (χ1) is 9.25. The average Bonchev–Trinajstić information content (AvgIpc) is 2.42. The van der Waals surface area contributed by atoms with Crippen molar-refractivity contribution in [3.05, 3.63) is 34.9 Å². The number of carbonyl (C=O) groups is 1. The lowest BCUT2D eigenvalue weighted by Crippen LogP contribution is -2.19. The van der Waals surface area contributed by atoms with Gasteiger partial charge in [-0.15, -0.1) is 0 Å². The van der Waals surface area contributed by atoms with Gasteiger partial charge in [0.05, 0.1) is 0 Å². The maximum Gasteiger partial charge on any atom is 0.303 e. The van der Waals surface area contributed by atoms with Crippen LogP contribution in [0.1, 0.15) is 42.4 Å². The Morgan fingerprint density at radius 3 is 2.74 bits per heavy atom. The Balaban J connectivity index is 1.70. The summed E-state index contributed by atoms with van der Waals surface area (Å²) in [6, 6.07) is 6.88. The fourth-order valence-corrected chi connectivity index (χ4v) is 2.66. The standard InChI is InChI=1S/C16H23NO2/c18-16(19)6-3-10-17-11-9-13-7-8-14-4-1-2-5-15(14)12-13/h7-8,12,17H,1-6,9-11H2,(H,18,19). The lowest BCUT2D eigenvalue weighted by molar-refractivity contribution is -0.137. The molecule has 0 saturated carbocycles. The predicted octanol–water partition coefficient (Wildman–Crippen LogP) is 2.56. The second-order valence-corrected chi connectivity index (χ2v) is 5.31. The molecule has 1 aromatic carbocycles. The van der Waals surface area contributed by atoms with Crippen LogP contribution < -0.4 is 5.32 Å². The molecule has 0 fully saturated rings. The molecule has 0 aromatic heterocycles. The van der Waals surface area contributed by atoms with E-state index in [1.807, 2.05) is 0 Å². The Kier molecular flexibility index (Phi) is 5.40. The van der Waals surface area contributed by atoms with Crippen LogP contribution in [0, 0.1) is 0 Å². The summed E-state index contributed by atoms with van der Waals surface area (Å²) < 4.78 is 0. The first-order valence-electron chi connectivity index (χ1n) is 7.29. The number of benzene rings is 1. The SMILES string of the molecule is O=C(O)CCCNCCc1ccc2c(c1)CCCC2. The van der Waals surface area contributed by atoms with Crippen LogP contribution in [-0.4, -0.2) is 24.2 Å². The van der Waals surface area contributed by atoms with Gasteiger partial charge in [-0.05, 0) is 68.3 Å². The van der Waals surface area contributed by atoms with Gasteiger partial charge in [-0.3, -0.25) is 4.79 Å². The van der Waals surface area contributed by atoms with Gasteiger partial charge in [0.2, 0.25) is 0 Å². The van der Waals surface area contributed by atoms with Gasteiger partial charge < -0.3 is 10.4 Å². The highest BCUT2D eigenvalue weighted by molar-refractivity contribution is 5.66. The third kappa shape index (κ3) is 4.67. The van der Waals surface area contributed by atoms with Gasteiger partial charge in [-0.1, -0.05) is 18.2 Å². The zero-order chi connectivity index (χ0) is 13.5. The van der Waals surface area contributed by atoms with E-state index in [4.69, 9.17) is 5.11 Å². The van der Waals surface area contributed by atoms with Crippen LogP contribution in [0.15, 0.2) is 18.2 Å². The van der Waals surface area contributed by atoms with Gasteiger partial charge in [0, 0.05) is 6.42 Å². The Morgan fingerprint density at radius 1 is 1.16 bits per heavy atom. The predicted molar refractivity (Wildman–Crippen MR) is 76.5 cm³/mol. The van der Waals surface area contributed by atoms with E-state index >= 15 is 0 Å². The average molecular weight is 261 g/mol. The molecular formula is C16H23NO2. The number of hydrogen-bond donors (Lipinski definition) is 2. The van der Waals surface area contributed by atoms with Crippen LogP contribution in [0.4, 0.5) is 0 Å². The monoisotopic (exact) mass is 261 g/mol. The van der Waals surface area contributed by atoms with Crippen LogP contribution in [0.2, 0.25) is 0 Å². The van der Waals surface area contributed by atoms with E-state index in [2.05, 4.69) is 23.5 Å². The van der Waals surface area contributed by atoms with Crippen LogP contribution in [0.3, 0.4) is 0 Å². The Morgan fingerprint density at radius 2 is 1.95 bits per heavy atom. The Labute approximate surface area is 115 Å². The number of fused-ring (bicyclic) bond motifs is 1. The van der Waals surface area contributed by atoms with Crippen molar-refractivity contribution >= 4 is 5.97 Å². The van der Waals surface area contributed by atoms with Crippen molar-refractivity contribution in [3.8, 4) is 0 Å². The molecule has 2 rings (SSSR count). The smallest absolute Gasteiger partial charge is 0.303 e. The topological polar surface area (TPSA) is 49.3 Å². The molecule has 0 unspecified atom stereocenters. The third-order valence-corrected chi connectivity index (χ3v) is 3.75. The van der Waals surface area contributed by atoms with E-state index in [-0.39, 0.29) is 6.42 Å². The largest absolute Gasteiger partial charge is 0.481 e. The molecule has 1 aliphatic rings. The molecule has 1 aromatic rings. The van der Waals surface area contributed by atoms with Crippen LogP contribution in [-0.2, 0) is 24.1 Å². The quantitative estimate of drug-likeness (QED) is 0.742. The summed E-state index contributed by atoms with van der Waals surface area (Å²) in [6.45, 7) is 1.72. The van der Waals surface area contributed by atoms with Crippen molar-refractivity contribution in [1.82, 2.24) is 5.32 Å². The molecule has 0 amide bonds. The first-order valence-corrected chi connectivity index (χ1v) is 7.29. The molecule has 0 atom stereocenters. The summed E-state index contributed by atoms with van der Waals surface area (Å²) in [6.07, 6.45) is 7.12. The second kappa shape index (κ2) is 7.29. The van der Waals surface area contributed by atoms with E-state index in [9.17, 15) is 4.79 Å². The zero-order valence-electron chi connectivity index (χ0n) is 11.5. The minimum absolute atomic E-state index is 0.256. The first kappa shape index (κ1) is 14.1. The van der Waals surface area contributed by atoms with Crippen LogP contribution >= 0.6 is 0 Å². The van der Waals surface area contributed by atoms with Gasteiger partial charge in [0.25, 0.3) is 0 Å². The Bertz CT molecular complexity index is 429. The number of hydrogen-bond acceptors (Lipinski definition) is 2. The maximum absolute atomic E-state index is 10.4. The molecule has 0 radical (unpaired) electrons. The number of aryl methyl sites for hydroxylation is 2. The van der Waals surface area contributed by atoms with Crippen molar-refractivity contribution < 1.29 is 9.90 Å². The highest BCUT2D eigenvalue weighted by Gasteiger charge is 2.09. The minimum Gasteiger partial charge on any atom is -0.481 e. The van der Waals surface area contributed by atoms with Crippen molar-refractivity contribution in [2.24, 2.45) is 0 Å². The molecule has 3 heteroatoms. The fourth-order valence-electron chi connectivity index (χ4n) is 2.66. The zero-order valence-corrected chi connectivity index (χ0v) is 11.5. The van der Waals surface area contributed by atoms with Gasteiger partial charge >= 0.3 is 5.97 Å². The summed E-state index contributed by atoms with van der Waals surface area (Å²) in [7, 11) is 0. The van der Waals surface area contributed by atoms with Crippen molar-refractivity contribution in [2.45, 2.75) is 44.9 Å². The van der Waals surface area contributed by atoms with E-state index in [0.717, 1.165) is 19.5 Å². The third-order valence-electron chi connectivity index (χ3n) is 3.75. The number of carboxylic acids is 1. The number of nitrogens with one attached hydrogen (secondary N) is 1. The number of rotatable bonds is 7. The number of aliphatic carboxylic acids is 1. The van der Waals surface area contributed by atoms with E-state index in [0.29, 0.717) is 6.42 Å². The molecule has 0 aliphatic heterocycles. The molecule has 0 saturated heterocycles. The van der Waals surface area contributed by atoms with E-state index in [1.165, 1.54) is 42.4 Å². The van der Waals surface area contributed by atoms with E-state index < -0.39 is 5.97 Å². The molecule has 1 aliphatic carbocycles. The van der Waals surface area contributed by atoms with Gasteiger partial charge in [0.1, 0.15) is 0 Å². The Hall–Kier alpha value is -1.35. The number of carboxylic acid groups (broad SMARTS) is 1. The molecule has 0 spiro atoms. The summed E-state index contributed by atoms with van der Waals surface area (Å²) in [5, 5.41) is 11.8.